The number of esters is 3. The van der Waals surface area contributed by atoms with E-state index in [4.69, 9.17) is 14.2 Å². The average molecular weight is 298 g/mol. The third kappa shape index (κ3) is 1.94. The van der Waals surface area contributed by atoms with E-state index in [0.29, 0.717) is 6.42 Å². The Morgan fingerprint density at radius 3 is 2.38 bits per heavy atom. The van der Waals surface area contributed by atoms with Gasteiger partial charge in [-0.05, 0) is 13.3 Å². The Morgan fingerprint density at radius 2 is 1.86 bits per heavy atom. The fraction of sp³-hybridized carbons (Fsp3) is 0.714. The fourth-order valence-corrected chi connectivity index (χ4v) is 3.32. The van der Waals surface area contributed by atoms with Crippen LogP contribution in [-0.4, -0.2) is 35.6 Å². The number of cyclic esters (lactones) is 1. The molecule has 1 heterocycles. The molecular formula is C14H18O7. The molecule has 0 bridgehead atoms. The normalized spacial score (nSPS) is 38.5. The van der Waals surface area contributed by atoms with Gasteiger partial charge in [0.25, 0.3) is 6.29 Å². The lowest BCUT2D eigenvalue weighted by Crippen LogP contribution is -2.63. The zero-order valence-corrected chi connectivity index (χ0v) is 12.4. The first kappa shape index (κ1) is 15.5. The number of ether oxygens (including phenoxy) is 3. The number of Topliss-reactive ketones (excluding diaryl/α,β-unsaturated/α-hetero) is 1. The van der Waals surface area contributed by atoms with E-state index in [1.807, 2.05) is 0 Å². The van der Waals surface area contributed by atoms with Gasteiger partial charge in [-0.2, -0.15) is 0 Å². The summed E-state index contributed by atoms with van der Waals surface area (Å²) in [7, 11) is 0. The van der Waals surface area contributed by atoms with Gasteiger partial charge in [0, 0.05) is 26.2 Å². The molecule has 0 aromatic rings. The molecule has 116 valence electrons. The molecule has 4 atom stereocenters. The van der Waals surface area contributed by atoms with Crippen LogP contribution in [0.2, 0.25) is 0 Å². The van der Waals surface area contributed by atoms with E-state index in [9.17, 15) is 19.2 Å². The van der Waals surface area contributed by atoms with Crippen molar-refractivity contribution in [2.75, 3.05) is 0 Å². The molecule has 2 rings (SSSR count). The van der Waals surface area contributed by atoms with Crippen molar-refractivity contribution in [2.45, 2.75) is 52.4 Å². The number of hydrogen-bond donors (Lipinski definition) is 0. The Balaban J connectivity index is 2.58. The molecule has 0 unspecified atom stereocenters. The largest absolute Gasteiger partial charge is 0.445 e. The highest BCUT2D eigenvalue weighted by atomic mass is 16.7. The summed E-state index contributed by atoms with van der Waals surface area (Å²) in [6.45, 7) is 5.48. The molecule has 7 nitrogen and oxygen atoms in total. The number of fused-ring (bicyclic) bond motifs is 1. The Kier molecular flexibility index (Phi) is 3.55. The van der Waals surface area contributed by atoms with Crippen LogP contribution in [0.5, 0.6) is 0 Å². The summed E-state index contributed by atoms with van der Waals surface area (Å²) in [5.74, 6) is -2.95. The minimum absolute atomic E-state index is 0.203. The van der Waals surface area contributed by atoms with Gasteiger partial charge < -0.3 is 14.2 Å². The number of ketones is 1. The van der Waals surface area contributed by atoms with Gasteiger partial charge in [0.2, 0.25) is 5.60 Å². The van der Waals surface area contributed by atoms with Crippen LogP contribution >= 0.6 is 0 Å². The molecule has 2 fully saturated rings. The summed E-state index contributed by atoms with van der Waals surface area (Å²) in [6, 6.07) is 0. The molecule has 7 heteroatoms. The highest BCUT2D eigenvalue weighted by Gasteiger charge is 2.76. The lowest BCUT2D eigenvalue weighted by Gasteiger charge is -2.45. The van der Waals surface area contributed by atoms with Crippen LogP contribution < -0.4 is 0 Å². The van der Waals surface area contributed by atoms with E-state index < -0.39 is 41.1 Å². The van der Waals surface area contributed by atoms with Gasteiger partial charge in [0.05, 0.1) is 0 Å². The summed E-state index contributed by atoms with van der Waals surface area (Å²) in [5.41, 5.74) is -3.27. The van der Waals surface area contributed by atoms with E-state index in [1.165, 1.54) is 6.92 Å². The van der Waals surface area contributed by atoms with Crippen molar-refractivity contribution >= 4 is 23.7 Å². The van der Waals surface area contributed by atoms with Crippen molar-refractivity contribution in [3.63, 3.8) is 0 Å². The third-order valence-electron chi connectivity index (χ3n) is 4.42. The first-order chi connectivity index (χ1) is 9.66. The zero-order chi connectivity index (χ0) is 16.0. The van der Waals surface area contributed by atoms with Crippen molar-refractivity contribution in [3.8, 4) is 0 Å². The number of carbonyl (C=O) groups excluding carboxylic acids is 4. The Bertz CT molecular complexity index is 525. The van der Waals surface area contributed by atoms with Gasteiger partial charge in [0.15, 0.2) is 11.2 Å². The van der Waals surface area contributed by atoms with E-state index in [2.05, 4.69) is 0 Å². The molecule has 0 amide bonds. The van der Waals surface area contributed by atoms with Crippen LogP contribution in [0.25, 0.3) is 0 Å². The summed E-state index contributed by atoms with van der Waals surface area (Å²) in [4.78, 5) is 47.5. The molecule has 0 radical (unpaired) electrons. The van der Waals surface area contributed by atoms with Crippen molar-refractivity contribution in [1.29, 1.82) is 0 Å². The SMILES string of the molecule is CC(=O)O[C@@H]1OC(=O)[C@]2(OC(C)=O)[C@H](C)CCC(=O)[C@]12C. The predicted molar refractivity (Wildman–Crippen MR) is 67.7 cm³/mol. The minimum atomic E-state index is -1.74. The molecule has 1 aliphatic carbocycles. The maximum Gasteiger partial charge on any atom is 0.355 e. The lowest BCUT2D eigenvalue weighted by molar-refractivity contribution is -0.204. The van der Waals surface area contributed by atoms with Crippen LogP contribution in [0.4, 0.5) is 0 Å². The topological polar surface area (TPSA) is 96.0 Å². The van der Waals surface area contributed by atoms with Crippen LogP contribution in [0.15, 0.2) is 0 Å². The second kappa shape index (κ2) is 4.82. The average Bonchev–Trinajstić information content (AvgIpc) is 2.57. The van der Waals surface area contributed by atoms with Crippen molar-refractivity contribution in [1.82, 2.24) is 0 Å². The van der Waals surface area contributed by atoms with Crippen LogP contribution in [0.1, 0.15) is 40.5 Å². The number of rotatable bonds is 2. The molecule has 2 aliphatic rings. The maximum absolute atomic E-state index is 12.5. The third-order valence-corrected chi connectivity index (χ3v) is 4.42. The van der Waals surface area contributed by atoms with E-state index in [-0.39, 0.29) is 12.2 Å². The molecule has 0 spiro atoms. The minimum Gasteiger partial charge on any atom is -0.445 e. The number of hydrogen-bond acceptors (Lipinski definition) is 7. The Hall–Kier alpha value is -1.92. The molecule has 1 aliphatic heterocycles. The quantitative estimate of drug-likeness (QED) is 0.694. The van der Waals surface area contributed by atoms with Gasteiger partial charge in [-0.15, -0.1) is 0 Å². The van der Waals surface area contributed by atoms with Crippen LogP contribution in [-0.2, 0) is 33.4 Å². The monoisotopic (exact) mass is 298 g/mol. The second-order valence-corrected chi connectivity index (χ2v) is 5.74. The highest BCUT2D eigenvalue weighted by Crippen LogP contribution is 2.55. The Morgan fingerprint density at radius 1 is 1.24 bits per heavy atom. The lowest BCUT2D eigenvalue weighted by atomic mass is 9.59. The van der Waals surface area contributed by atoms with Crippen molar-refractivity contribution < 1.29 is 33.4 Å². The Labute approximate surface area is 121 Å². The second-order valence-electron chi connectivity index (χ2n) is 5.74. The van der Waals surface area contributed by atoms with Crippen molar-refractivity contribution in [2.24, 2.45) is 11.3 Å². The van der Waals surface area contributed by atoms with E-state index in [1.54, 1.807) is 6.92 Å². The first-order valence-electron chi connectivity index (χ1n) is 6.77. The zero-order valence-electron chi connectivity index (χ0n) is 12.4. The molecule has 0 aromatic heterocycles. The highest BCUT2D eigenvalue weighted by molar-refractivity contribution is 6.00. The van der Waals surface area contributed by atoms with Crippen molar-refractivity contribution in [3.05, 3.63) is 0 Å². The molecular weight excluding hydrogens is 280 g/mol. The summed E-state index contributed by atoms with van der Waals surface area (Å²) >= 11 is 0. The summed E-state index contributed by atoms with van der Waals surface area (Å²) in [6.07, 6.45) is -0.782. The van der Waals surface area contributed by atoms with Gasteiger partial charge in [-0.25, -0.2) is 4.79 Å². The standard InChI is InChI=1S/C14H18O7/c1-7-5-6-10(17)13(4)12(19-8(2)15)20-11(18)14(7,13)21-9(3)16/h7,12H,5-6H2,1-4H3/t7-,12-,13-,14-/m1/s1. The van der Waals surface area contributed by atoms with Gasteiger partial charge in [-0.1, -0.05) is 6.92 Å². The van der Waals surface area contributed by atoms with Gasteiger partial charge >= 0.3 is 17.9 Å². The molecule has 0 aromatic carbocycles. The van der Waals surface area contributed by atoms with E-state index >= 15 is 0 Å². The molecule has 1 saturated carbocycles. The fourth-order valence-electron chi connectivity index (χ4n) is 3.32. The molecule has 21 heavy (non-hydrogen) atoms. The number of carbonyl (C=O) groups is 4. The maximum atomic E-state index is 12.5. The summed E-state index contributed by atoms with van der Waals surface area (Å²) in [5, 5.41) is 0. The van der Waals surface area contributed by atoms with Crippen LogP contribution in [0, 0.1) is 11.3 Å². The molecule has 0 N–H and O–H groups in total. The summed E-state index contributed by atoms with van der Waals surface area (Å²) < 4.78 is 15.4. The van der Waals surface area contributed by atoms with Gasteiger partial charge in [-0.3, -0.25) is 14.4 Å². The van der Waals surface area contributed by atoms with E-state index in [0.717, 1.165) is 13.8 Å². The first-order valence-corrected chi connectivity index (χ1v) is 6.77. The van der Waals surface area contributed by atoms with Crippen LogP contribution in [0.3, 0.4) is 0 Å². The predicted octanol–water partition coefficient (Wildman–Crippen LogP) is 0.740. The van der Waals surface area contributed by atoms with Gasteiger partial charge in [0.1, 0.15) is 0 Å². The molecule has 1 saturated heterocycles. The smallest absolute Gasteiger partial charge is 0.355 e.